The number of esters is 1. The number of nitro groups is 1. The summed E-state index contributed by atoms with van der Waals surface area (Å²) in [7, 11) is 19.9. The number of nitrogens with one attached hydrogen (secondary N) is 2. The van der Waals surface area contributed by atoms with E-state index in [9.17, 15) is 24.8 Å². The summed E-state index contributed by atoms with van der Waals surface area (Å²) in [4.78, 5) is 53.3. The molecule has 0 aliphatic carbocycles. The summed E-state index contributed by atoms with van der Waals surface area (Å²) in [6.45, 7) is 8.81. The van der Waals surface area contributed by atoms with Crippen LogP contribution in [0.5, 0.6) is 28.7 Å². The van der Waals surface area contributed by atoms with Crippen molar-refractivity contribution in [1.82, 2.24) is 15.5 Å². The standard InChI is InChI=1S/C26H28N2O3.C18H22N2O.C17H18N2O3.C17H20N2O.C11H16N2O.C9H10O2.CH2O2/c1-27(2)24-14-13-22-17-28(26(29)31-19-21-11-7-4-8-12-21)16-15-23(22)25(24)30-18-20-9-5-3-6-10-20;1-20(2)17-9-8-15-12-19-11-10-16(15)18(17)21-13-14-6-4-3-5-7-14;1-18(2)16-10-6-9-15(11-12-19(20)21)17(16)22-13-14-7-4-3-5-8-14;1-19(2)16-10-6-9-15(11-12-18)17(16)20-13-14-7-4-3-5-8-14;1-13(2)10-4-3-8-7-12-6-5-9(8)11(10)14;1-8(10)11-7-9-5-3-2-4-6-9;2-1-3/h3-14H,15-19H2,1-2H3;3-9,19H,10-13H2,1-2H3;3-12H,13H2,1-2H3;3-12H,13,18H2,1-2H3;3-4,12,14H,5-7H2,1-2H3;2-6H,7H2,1H3;1H,(H,2,3)/b;;2*12-11+;;;. The Kier molecular flexibility index (Phi) is 38.6. The van der Waals surface area contributed by atoms with Crippen molar-refractivity contribution in [2.24, 2.45) is 5.73 Å². The first-order valence-corrected chi connectivity index (χ1v) is 40.3. The summed E-state index contributed by atoms with van der Waals surface area (Å²) in [5, 5.41) is 34.2. The van der Waals surface area contributed by atoms with Gasteiger partial charge in [0.15, 0.2) is 5.75 Å². The molecule has 23 nitrogen and oxygen atoms in total. The first-order valence-electron chi connectivity index (χ1n) is 40.3. The highest BCUT2D eigenvalue weighted by Gasteiger charge is 2.27. The Bertz CT molecular complexity index is 5080. The van der Waals surface area contributed by atoms with Crippen LogP contribution < -0.4 is 59.8 Å². The van der Waals surface area contributed by atoms with Crippen molar-refractivity contribution in [3.05, 3.63) is 355 Å². The first kappa shape index (κ1) is 93.7. The summed E-state index contributed by atoms with van der Waals surface area (Å²) >= 11 is 0. The van der Waals surface area contributed by atoms with Crippen LogP contribution in [-0.4, -0.2) is 129 Å². The van der Waals surface area contributed by atoms with Crippen LogP contribution in [0.15, 0.2) is 267 Å². The maximum absolute atomic E-state index is 12.6. The quantitative estimate of drug-likeness (QED) is 0.0163. The number of carboxylic acid groups (broad SMARTS) is 1. The van der Waals surface area contributed by atoms with Crippen molar-refractivity contribution in [3.8, 4) is 28.7 Å². The van der Waals surface area contributed by atoms with Crippen molar-refractivity contribution in [1.29, 1.82) is 0 Å². The fourth-order valence-electron chi connectivity index (χ4n) is 13.3. The summed E-state index contributed by atoms with van der Waals surface area (Å²) < 4.78 is 34.8. The Morgan fingerprint density at radius 1 is 0.426 bits per heavy atom. The molecule has 0 atom stereocenters. The molecule has 23 heteroatoms. The zero-order chi connectivity index (χ0) is 87.6. The highest BCUT2D eigenvalue weighted by atomic mass is 16.6. The number of carbonyl (C=O) groups is 3. The number of ether oxygens (including phenoxy) is 6. The van der Waals surface area contributed by atoms with Gasteiger partial charge in [-0.3, -0.25) is 19.7 Å². The van der Waals surface area contributed by atoms with Gasteiger partial charge in [0.2, 0.25) is 6.20 Å². The van der Waals surface area contributed by atoms with E-state index in [1.807, 2.05) is 247 Å². The van der Waals surface area contributed by atoms with E-state index in [0.717, 1.165) is 142 Å². The lowest BCUT2D eigenvalue weighted by Gasteiger charge is -2.31. The Balaban J connectivity index is 0.000000185. The third kappa shape index (κ3) is 29.9. The number of rotatable bonds is 24. The van der Waals surface area contributed by atoms with Gasteiger partial charge in [-0.25, -0.2) is 4.79 Å². The van der Waals surface area contributed by atoms with Crippen LogP contribution in [0.3, 0.4) is 0 Å². The van der Waals surface area contributed by atoms with Crippen LogP contribution in [0.4, 0.5) is 33.2 Å². The number of anilines is 5. The molecule has 0 saturated carbocycles. The van der Waals surface area contributed by atoms with Crippen LogP contribution in [0.25, 0.3) is 12.2 Å². The Morgan fingerprint density at radius 2 is 0.754 bits per heavy atom. The number of nitrogens with two attached hydrogens (primary N) is 1. The van der Waals surface area contributed by atoms with E-state index in [0.29, 0.717) is 63.2 Å². The molecule has 11 aromatic rings. The van der Waals surface area contributed by atoms with Crippen molar-refractivity contribution >= 4 is 59.1 Å². The molecule has 11 aromatic carbocycles. The number of phenols is 1. The Labute approximate surface area is 718 Å². The van der Waals surface area contributed by atoms with Gasteiger partial charge in [0.1, 0.15) is 62.6 Å². The number of fused-ring (bicyclic) bond motifs is 3. The molecule has 6 N–H and O–H groups in total. The van der Waals surface area contributed by atoms with Crippen LogP contribution in [-0.2, 0) is 97.6 Å². The summed E-state index contributed by atoms with van der Waals surface area (Å²) in [6, 6.07) is 84.0. The maximum Gasteiger partial charge on any atom is 0.410 e. The van der Waals surface area contributed by atoms with Gasteiger partial charge in [0.25, 0.3) is 6.47 Å². The average molecular weight is 1650 g/mol. The van der Waals surface area contributed by atoms with E-state index in [2.05, 4.69) is 113 Å². The van der Waals surface area contributed by atoms with Gasteiger partial charge in [-0.05, 0) is 125 Å². The van der Waals surface area contributed by atoms with E-state index >= 15 is 0 Å². The number of aromatic hydroxyl groups is 1. The predicted octanol–water partition coefficient (Wildman–Crippen LogP) is 17.4. The highest BCUT2D eigenvalue weighted by Crippen LogP contribution is 2.40. The van der Waals surface area contributed by atoms with E-state index in [1.54, 1.807) is 11.0 Å². The molecule has 0 radical (unpaired) electrons. The Morgan fingerprint density at radius 3 is 1.13 bits per heavy atom. The van der Waals surface area contributed by atoms with Crippen molar-refractivity contribution in [3.63, 3.8) is 0 Å². The van der Waals surface area contributed by atoms with Gasteiger partial charge >= 0.3 is 12.1 Å². The van der Waals surface area contributed by atoms with Gasteiger partial charge in [-0.2, -0.15) is 0 Å². The first-order chi connectivity index (χ1) is 59.1. The van der Waals surface area contributed by atoms with Crippen LogP contribution in [0.1, 0.15) is 84.8 Å². The number of amides is 1. The molecule has 0 bridgehead atoms. The topological polar surface area (TPSA) is 260 Å². The fraction of sp³-hybridized carbons (Fsp3) is 0.263. The van der Waals surface area contributed by atoms with Crippen LogP contribution in [0, 0.1) is 10.1 Å². The van der Waals surface area contributed by atoms with Crippen LogP contribution in [0.2, 0.25) is 0 Å². The second kappa shape index (κ2) is 50.2. The number of benzene rings is 11. The zero-order valence-electron chi connectivity index (χ0n) is 71.8. The van der Waals surface area contributed by atoms with Crippen molar-refractivity contribution < 1.29 is 57.9 Å². The lowest BCUT2D eigenvalue weighted by atomic mass is 9.97. The SMILES string of the molecule is CC(=O)OCc1ccccc1.CN(C)c1ccc2c(c1O)CCNC2.CN(C)c1ccc2c(c1OCc1ccccc1)CCN(C(=O)OCc1ccccc1)C2.CN(C)c1ccc2c(c1OCc1ccccc1)CCNC2.CN(C)c1cccc(/C=C/N)c1OCc1ccccc1.CN(C)c1cccc(/C=C/[N+](=O)[O-])c1OCc1ccccc1.O=CO. The van der Waals surface area contributed by atoms with E-state index < -0.39 is 4.92 Å². The number of phenolic OH excluding ortho intramolecular Hbond substituents is 1. The molecule has 1 amide bonds. The average Bonchev–Trinajstić information content (AvgIpc) is 0.789. The lowest BCUT2D eigenvalue weighted by molar-refractivity contribution is -0.400. The summed E-state index contributed by atoms with van der Waals surface area (Å²) in [5.74, 6) is 3.65. The number of nitrogens with zero attached hydrogens (tertiary/aromatic N) is 7. The monoisotopic (exact) mass is 1650 g/mol. The minimum Gasteiger partial charge on any atom is -0.505 e. The molecule has 3 heterocycles. The van der Waals surface area contributed by atoms with Crippen LogP contribution >= 0.6 is 0 Å². The molecule has 0 aromatic heterocycles. The maximum atomic E-state index is 12.6. The van der Waals surface area contributed by atoms with Gasteiger partial charge in [-0.1, -0.05) is 224 Å². The second-order valence-corrected chi connectivity index (χ2v) is 29.5. The summed E-state index contributed by atoms with van der Waals surface area (Å²) in [6.07, 6.45) is 8.17. The molecule has 0 saturated heterocycles. The highest BCUT2D eigenvalue weighted by molar-refractivity contribution is 5.73. The molecular weight excluding hydrogens is 1540 g/mol. The van der Waals surface area contributed by atoms with E-state index in [4.69, 9.17) is 44.1 Å². The fourth-order valence-corrected chi connectivity index (χ4v) is 13.3. The normalized spacial score (nSPS) is 11.9. The van der Waals surface area contributed by atoms with E-state index in [-0.39, 0.29) is 25.1 Å². The molecule has 0 fully saturated rings. The minimum absolute atomic E-state index is 0.242. The van der Waals surface area contributed by atoms with E-state index in [1.165, 1.54) is 47.0 Å². The molecule has 3 aliphatic heterocycles. The van der Waals surface area contributed by atoms with Gasteiger partial charge in [0, 0.05) is 137 Å². The number of carbonyl (C=O) groups excluding carboxylic acids is 2. The smallest absolute Gasteiger partial charge is 0.410 e. The molecule has 640 valence electrons. The van der Waals surface area contributed by atoms with Crippen molar-refractivity contribution in [2.45, 2.75) is 85.5 Å². The van der Waals surface area contributed by atoms with Gasteiger partial charge in [-0.15, -0.1) is 0 Å². The molecule has 122 heavy (non-hydrogen) atoms. The minimum atomic E-state index is -0.483. The largest absolute Gasteiger partial charge is 0.505 e. The number of hydrogen-bond acceptors (Lipinski definition) is 20. The molecule has 0 unspecified atom stereocenters. The number of hydrogen-bond donors (Lipinski definition) is 5. The number of para-hydroxylation sites is 2. The molecular formula is C99H116N10O13. The van der Waals surface area contributed by atoms with Gasteiger partial charge in [0.05, 0.1) is 33.4 Å². The zero-order valence-corrected chi connectivity index (χ0v) is 71.8. The molecule has 14 rings (SSSR count). The molecule has 3 aliphatic rings. The van der Waals surface area contributed by atoms with Gasteiger partial charge < -0.3 is 84.4 Å². The third-order valence-electron chi connectivity index (χ3n) is 19.5. The predicted molar refractivity (Wildman–Crippen MR) is 490 cm³/mol. The Hall–Kier alpha value is -13.8. The van der Waals surface area contributed by atoms with Crippen molar-refractivity contribution in [2.75, 3.05) is 115 Å². The third-order valence-corrected chi connectivity index (χ3v) is 19.5. The lowest BCUT2D eigenvalue weighted by Crippen LogP contribution is -2.36. The molecule has 0 spiro atoms. The summed E-state index contributed by atoms with van der Waals surface area (Å²) in [5.41, 5.74) is 26.1. The second-order valence-electron chi connectivity index (χ2n) is 29.5.